The minimum Gasteiger partial charge on any atom is -0.378 e. The van der Waals surface area contributed by atoms with Gasteiger partial charge in [-0.3, -0.25) is 9.69 Å². The highest BCUT2D eigenvalue weighted by Crippen LogP contribution is 2.23. The van der Waals surface area contributed by atoms with Crippen molar-refractivity contribution >= 4 is 17.2 Å². The molecule has 0 spiro atoms. The standard InChI is InChI=1S/C21H26N2O2S/c1-16-7-11-26-20(16)14-22-9-10-25-15-19(22)12-21(24)23-8-6-17-4-2-3-5-18(17)13-23/h2-5,7,11,19H,6,8-10,12-15H2,1H3. The largest absolute Gasteiger partial charge is 0.378 e. The summed E-state index contributed by atoms with van der Waals surface area (Å²) in [5.74, 6) is 0.253. The van der Waals surface area contributed by atoms with Crippen molar-refractivity contribution in [2.45, 2.75) is 38.9 Å². The van der Waals surface area contributed by atoms with Gasteiger partial charge in [-0.05, 0) is 41.5 Å². The predicted molar refractivity (Wildman–Crippen MR) is 104 cm³/mol. The number of benzene rings is 1. The van der Waals surface area contributed by atoms with E-state index in [4.69, 9.17) is 4.74 Å². The SMILES string of the molecule is Cc1ccsc1CN1CCOCC1CC(=O)N1CCc2ccccc2C1. The molecule has 0 radical (unpaired) electrons. The third-order valence-corrected chi connectivity index (χ3v) is 6.57. The fraction of sp³-hybridized carbons (Fsp3) is 0.476. The summed E-state index contributed by atoms with van der Waals surface area (Å²) in [6, 6.07) is 10.8. The number of morpholine rings is 1. The molecule has 1 saturated heterocycles. The van der Waals surface area contributed by atoms with Crippen molar-refractivity contribution in [2.24, 2.45) is 0 Å². The molecule has 0 aliphatic carbocycles. The van der Waals surface area contributed by atoms with Crippen LogP contribution in [-0.4, -0.2) is 48.1 Å². The Kier molecular flexibility index (Phi) is 5.38. The molecule has 1 fully saturated rings. The maximum Gasteiger partial charge on any atom is 0.224 e. The zero-order valence-electron chi connectivity index (χ0n) is 15.3. The predicted octanol–water partition coefficient (Wildman–Crippen LogP) is 3.23. The maximum atomic E-state index is 12.9. The number of amides is 1. The minimum absolute atomic E-state index is 0.176. The lowest BCUT2D eigenvalue weighted by Crippen LogP contribution is -2.48. The quantitative estimate of drug-likeness (QED) is 0.828. The Bertz CT molecular complexity index is 773. The second kappa shape index (κ2) is 7.91. The summed E-state index contributed by atoms with van der Waals surface area (Å²) in [5, 5.41) is 2.15. The Hall–Kier alpha value is -1.69. The molecular formula is C21H26N2O2S. The molecule has 0 saturated carbocycles. The van der Waals surface area contributed by atoms with Gasteiger partial charge >= 0.3 is 0 Å². The summed E-state index contributed by atoms with van der Waals surface area (Å²) in [7, 11) is 0. The van der Waals surface area contributed by atoms with Gasteiger partial charge in [0.1, 0.15) is 0 Å². The lowest BCUT2D eigenvalue weighted by Gasteiger charge is -2.37. The van der Waals surface area contributed by atoms with Crippen LogP contribution in [0.15, 0.2) is 35.7 Å². The molecule has 1 aromatic heterocycles. The smallest absolute Gasteiger partial charge is 0.224 e. The molecule has 5 heteroatoms. The Morgan fingerprint density at radius 3 is 2.88 bits per heavy atom. The summed E-state index contributed by atoms with van der Waals surface area (Å²) in [6.45, 7) is 6.97. The van der Waals surface area contributed by atoms with Gasteiger partial charge in [0, 0.05) is 43.5 Å². The molecule has 26 heavy (non-hydrogen) atoms. The van der Waals surface area contributed by atoms with Crippen LogP contribution in [0.25, 0.3) is 0 Å². The van der Waals surface area contributed by atoms with Gasteiger partial charge in [0.05, 0.1) is 13.2 Å². The molecule has 1 unspecified atom stereocenters. The molecule has 0 N–H and O–H groups in total. The molecule has 0 bridgehead atoms. The van der Waals surface area contributed by atoms with Gasteiger partial charge in [0.25, 0.3) is 0 Å². The number of thiophene rings is 1. The van der Waals surface area contributed by atoms with E-state index in [1.165, 1.54) is 21.6 Å². The molecule has 2 aromatic rings. The highest BCUT2D eigenvalue weighted by Gasteiger charge is 2.29. The topological polar surface area (TPSA) is 32.8 Å². The summed E-state index contributed by atoms with van der Waals surface area (Å²) in [5.41, 5.74) is 4.02. The van der Waals surface area contributed by atoms with Crippen molar-refractivity contribution in [3.63, 3.8) is 0 Å². The number of hydrogen-bond donors (Lipinski definition) is 0. The lowest BCUT2D eigenvalue weighted by molar-refractivity contribution is -0.135. The average Bonchev–Trinajstić information content (AvgIpc) is 3.07. The van der Waals surface area contributed by atoms with Crippen molar-refractivity contribution in [2.75, 3.05) is 26.3 Å². The molecule has 4 rings (SSSR count). The van der Waals surface area contributed by atoms with Crippen LogP contribution in [0.2, 0.25) is 0 Å². The van der Waals surface area contributed by atoms with Crippen molar-refractivity contribution in [1.29, 1.82) is 0 Å². The second-order valence-corrected chi connectivity index (χ2v) is 8.26. The lowest BCUT2D eigenvalue weighted by atomic mass is 9.99. The van der Waals surface area contributed by atoms with E-state index in [0.717, 1.165) is 39.2 Å². The molecule has 2 aliphatic heterocycles. The van der Waals surface area contributed by atoms with E-state index in [9.17, 15) is 4.79 Å². The van der Waals surface area contributed by atoms with Gasteiger partial charge in [0.15, 0.2) is 0 Å². The number of rotatable bonds is 4. The molecule has 1 aromatic carbocycles. The first-order chi connectivity index (χ1) is 12.7. The van der Waals surface area contributed by atoms with Crippen LogP contribution in [0, 0.1) is 6.92 Å². The Morgan fingerprint density at radius 2 is 2.08 bits per heavy atom. The Labute approximate surface area is 159 Å². The number of aryl methyl sites for hydroxylation is 1. The van der Waals surface area contributed by atoms with Crippen LogP contribution in [0.5, 0.6) is 0 Å². The number of fused-ring (bicyclic) bond motifs is 1. The van der Waals surface area contributed by atoms with Crippen LogP contribution in [0.1, 0.15) is 28.0 Å². The van der Waals surface area contributed by atoms with Crippen LogP contribution >= 0.6 is 11.3 Å². The van der Waals surface area contributed by atoms with Gasteiger partial charge in [-0.25, -0.2) is 0 Å². The zero-order chi connectivity index (χ0) is 17.9. The number of carbonyl (C=O) groups is 1. The van der Waals surface area contributed by atoms with Crippen LogP contribution in [0.4, 0.5) is 0 Å². The zero-order valence-corrected chi connectivity index (χ0v) is 16.1. The minimum atomic E-state index is 0.176. The van der Waals surface area contributed by atoms with E-state index in [1.54, 1.807) is 11.3 Å². The first kappa shape index (κ1) is 17.7. The first-order valence-electron chi connectivity index (χ1n) is 9.40. The van der Waals surface area contributed by atoms with Gasteiger partial charge in [-0.2, -0.15) is 0 Å². The van der Waals surface area contributed by atoms with Crippen LogP contribution in [-0.2, 0) is 29.0 Å². The summed E-state index contributed by atoms with van der Waals surface area (Å²) < 4.78 is 5.70. The van der Waals surface area contributed by atoms with E-state index >= 15 is 0 Å². The van der Waals surface area contributed by atoms with Gasteiger partial charge in [-0.15, -0.1) is 11.3 Å². The van der Waals surface area contributed by atoms with Crippen LogP contribution < -0.4 is 0 Å². The fourth-order valence-electron chi connectivity index (χ4n) is 3.88. The van der Waals surface area contributed by atoms with Gasteiger partial charge < -0.3 is 9.64 Å². The van der Waals surface area contributed by atoms with E-state index < -0.39 is 0 Å². The van der Waals surface area contributed by atoms with E-state index in [0.29, 0.717) is 13.0 Å². The number of hydrogen-bond acceptors (Lipinski definition) is 4. The van der Waals surface area contributed by atoms with Crippen molar-refractivity contribution in [3.8, 4) is 0 Å². The molecule has 1 amide bonds. The van der Waals surface area contributed by atoms with Crippen molar-refractivity contribution < 1.29 is 9.53 Å². The summed E-state index contributed by atoms with van der Waals surface area (Å²) in [4.78, 5) is 18.8. The first-order valence-corrected chi connectivity index (χ1v) is 10.3. The summed E-state index contributed by atoms with van der Waals surface area (Å²) in [6.07, 6.45) is 1.51. The third kappa shape index (κ3) is 3.85. The molecule has 138 valence electrons. The van der Waals surface area contributed by atoms with E-state index in [-0.39, 0.29) is 11.9 Å². The van der Waals surface area contributed by atoms with E-state index in [1.807, 2.05) is 4.90 Å². The fourth-order valence-corrected chi connectivity index (χ4v) is 4.81. The molecule has 4 nitrogen and oxygen atoms in total. The third-order valence-electron chi connectivity index (χ3n) is 5.56. The van der Waals surface area contributed by atoms with Crippen molar-refractivity contribution in [1.82, 2.24) is 9.80 Å². The normalized spacial score (nSPS) is 20.8. The van der Waals surface area contributed by atoms with Crippen LogP contribution in [0.3, 0.4) is 0 Å². The highest BCUT2D eigenvalue weighted by atomic mass is 32.1. The molecule has 3 heterocycles. The molecule has 1 atom stereocenters. The highest BCUT2D eigenvalue weighted by molar-refractivity contribution is 7.10. The molecule has 2 aliphatic rings. The number of ether oxygens (including phenoxy) is 1. The number of carbonyl (C=O) groups excluding carboxylic acids is 1. The maximum absolute atomic E-state index is 12.9. The number of nitrogens with zero attached hydrogens (tertiary/aromatic N) is 2. The average molecular weight is 371 g/mol. The molecular weight excluding hydrogens is 344 g/mol. The second-order valence-electron chi connectivity index (χ2n) is 7.26. The monoisotopic (exact) mass is 370 g/mol. The summed E-state index contributed by atoms with van der Waals surface area (Å²) >= 11 is 1.81. The Morgan fingerprint density at radius 1 is 1.23 bits per heavy atom. The van der Waals surface area contributed by atoms with Crippen molar-refractivity contribution in [3.05, 3.63) is 57.3 Å². The Balaban J connectivity index is 1.40. The van der Waals surface area contributed by atoms with Gasteiger partial charge in [0.2, 0.25) is 5.91 Å². The van der Waals surface area contributed by atoms with E-state index in [2.05, 4.69) is 47.5 Å². The van der Waals surface area contributed by atoms with Gasteiger partial charge in [-0.1, -0.05) is 24.3 Å².